The van der Waals surface area contributed by atoms with E-state index >= 15 is 0 Å². The minimum atomic E-state index is -0.609. The SMILES string of the molecule is COC(=O)c1cc(NC(=O)c2ccccc2OCC(=O)N(C)C)ccc1Cl. The van der Waals surface area contributed by atoms with Crippen molar-refractivity contribution in [3.63, 3.8) is 0 Å². The van der Waals surface area contributed by atoms with Crippen LogP contribution < -0.4 is 10.1 Å². The highest BCUT2D eigenvalue weighted by Gasteiger charge is 2.16. The molecule has 0 unspecified atom stereocenters. The van der Waals surface area contributed by atoms with Gasteiger partial charge in [-0.1, -0.05) is 23.7 Å². The fourth-order valence-corrected chi connectivity index (χ4v) is 2.31. The van der Waals surface area contributed by atoms with Gasteiger partial charge in [-0.15, -0.1) is 0 Å². The molecule has 0 radical (unpaired) electrons. The molecule has 142 valence electrons. The van der Waals surface area contributed by atoms with Crippen LogP contribution in [0.3, 0.4) is 0 Å². The molecule has 27 heavy (non-hydrogen) atoms. The van der Waals surface area contributed by atoms with Crippen molar-refractivity contribution in [2.24, 2.45) is 0 Å². The number of nitrogens with zero attached hydrogens (tertiary/aromatic N) is 1. The number of amides is 2. The molecule has 0 fully saturated rings. The second-order valence-electron chi connectivity index (χ2n) is 5.71. The number of methoxy groups -OCH3 is 1. The average molecular weight is 391 g/mol. The molecule has 0 saturated heterocycles. The Morgan fingerprint density at radius 3 is 2.44 bits per heavy atom. The number of carbonyl (C=O) groups excluding carboxylic acids is 3. The first-order chi connectivity index (χ1) is 12.8. The molecule has 2 rings (SSSR count). The van der Waals surface area contributed by atoms with Gasteiger partial charge in [0.05, 0.1) is 23.3 Å². The van der Waals surface area contributed by atoms with E-state index in [9.17, 15) is 14.4 Å². The molecule has 0 bridgehead atoms. The second-order valence-corrected chi connectivity index (χ2v) is 6.12. The maximum Gasteiger partial charge on any atom is 0.339 e. The normalized spacial score (nSPS) is 10.1. The number of ether oxygens (including phenoxy) is 2. The summed E-state index contributed by atoms with van der Waals surface area (Å²) in [6.45, 7) is -0.190. The van der Waals surface area contributed by atoms with Crippen LogP contribution in [0.4, 0.5) is 5.69 Å². The van der Waals surface area contributed by atoms with Crippen molar-refractivity contribution in [3.8, 4) is 5.75 Å². The molecule has 7 nitrogen and oxygen atoms in total. The number of anilines is 1. The zero-order valence-corrected chi connectivity index (χ0v) is 15.9. The molecular formula is C19H19ClN2O5. The second kappa shape index (κ2) is 9.05. The van der Waals surface area contributed by atoms with E-state index in [2.05, 4.69) is 10.1 Å². The number of nitrogens with one attached hydrogen (secondary N) is 1. The molecule has 2 aromatic carbocycles. The lowest BCUT2D eigenvalue weighted by molar-refractivity contribution is -0.130. The molecule has 2 aromatic rings. The fourth-order valence-electron chi connectivity index (χ4n) is 2.12. The average Bonchev–Trinajstić information content (AvgIpc) is 2.66. The Kier molecular flexibility index (Phi) is 6.79. The number of likely N-dealkylation sites (N-methyl/N-ethyl adjacent to an activating group) is 1. The predicted molar refractivity (Wildman–Crippen MR) is 101 cm³/mol. The Hall–Kier alpha value is -3.06. The van der Waals surface area contributed by atoms with Crippen LogP contribution in [0.5, 0.6) is 5.75 Å². The van der Waals surface area contributed by atoms with Crippen molar-refractivity contribution < 1.29 is 23.9 Å². The van der Waals surface area contributed by atoms with Crippen LogP contribution in [0.1, 0.15) is 20.7 Å². The highest BCUT2D eigenvalue weighted by molar-refractivity contribution is 6.33. The van der Waals surface area contributed by atoms with E-state index in [1.165, 1.54) is 24.1 Å². The molecule has 0 heterocycles. The summed E-state index contributed by atoms with van der Waals surface area (Å²) in [4.78, 5) is 37.4. The van der Waals surface area contributed by atoms with Crippen LogP contribution in [-0.4, -0.2) is 50.5 Å². The number of rotatable bonds is 6. The lowest BCUT2D eigenvalue weighted by Crippen LogP contribution is -2.28. The van der Waals surface area contributed by atoms with Gasteiger partial charge in [-0.2, -0.15) is 0 Å². The van der Waals surface area contributed by atoms with E-state index in [4.69, 9.17) is 16.3 Å². The number of hydrogen-bond acceptors (Lipinski definition) is 5. The highest BCUT2D eigenvalue weighted by Crippen LogP contribution is 2.24. The standard InChI is InChI=1S/C19H19ClN2O5/c1-22(2)17(23)11-27-16-7-5-4-6-13(16)18(24)21-12-8-9-15(20)14(10-12)19(25)26-3/h4-10H,11H2,1-3H3,(H,21,24). The summed E-state index contributed by atoms with van der Waals surface area (Å²) >= 11 is 5.98. The third-order valence-electron chi connectivity index (χ3n) is 3.61. The molecule has 0 aliphatic heterocycles. The van der Waals surface area contributed by atoms with Crippen molar-refractivity contribution in [1.82, 2.24) is 4.90 Å². The molecule has 0 aromatic heterocycles. The number of halogens is 1. The van der Waals surface area contributed by atoms with Crippen LogP contribution in [-0.2, 0) is 9.53 Å². The van der Waals surface area contributed by atoms with Gasteiger partial charge in [0.1, 0.15) is 5.75 Å². The molecule has 0 aliphatic rings. The van der Waals surface area contributed by atoms with Gasteiger partial charge in [0.15, 0.2) is 6.61 Å². The third kappa shape index (κ3) is 5.21. The summed E-state index contributed by atoms with van der Waals surface area (Å²) in [5, 5.41) is 2.89. The molecular weight excluding hydrogens is 372 g/mol. The first-order valence-corrected chi connectivity index (χ1v) is 8.32. The first kappa shape index (κ1) is 20.3. The van der Waals surface area contributed by atoms with E-state index in [0.29, 0.717) is 5.69 Å². The van der Waals surface area contributed by atoms with Crippen LogP contribution in [0.2, 0.25) is 5.02 Å². The van der Waals surface area contributed by atoms with E-state index in [-0.39, 0.29) is 34.4 Å². The summed E-state index contributed by atoms with van der Waals surface area (Å²) in [5.41, 5.74) is 0.751. The lowest BCUT2D eigenvalue weighted by atomic mass is 10.1. The van der Waals surface area contributed by atoms with Gasteiger partial charge in [-0.25, -0.2) is 4.79 Å². The molecule has 0 spiro atoms. The van der Waals surface area contributed by atoms with Crippen LogP contribution in [0.25, 0.3) is 0 Å². The summed E-state index contributed by atoms with van der Waals surface area (Å²) in [7, 11) is 4.47. The fraction of sp³-hybridized carbons (Fsp3) is 0.211. The Morgan fingerprint density at radius 2 is 1.78 bits per heavy atom. The molecule has 1 N–H and O–H groups in total. The minimum absolute atomic E-state index is 0.137. The van der Waals surface area contributed by atoms with E-state index in [1.807, 2.05) is 0 Å². The van der Waals surface area contributed by atoms with Crippen molar-refractivity contribution >= 4 is 35.1 Å². The summed E-state index contributed by atoms with van der Waals surface area (Å²) in [6, 6.07) is 11.0. The van der Waals surface area contributed by atoms with Gasteiger partial charge < -0.3 is 19.7 Å². The van der Waals surface area contributed by atoms with Crippen LogP contribution in [0, 0.1) is 0 Å². The third-order valence-corrected chi connectivity index (χ3v) is 3.94. The topological polar surface area (TPSA) is 84.9 Å². The zero-order valence-electron chi connectivity index (χ0n) is 15.1. The summed E-state index contributed by atoms with van der Waals surface area (Å²) in [5.74, 6) is -1.03. The number of para-hydroxylation sites is 1. The number of hydrogen-bond donors (Lipinski definition) is 1. The van der Waals surface area contributed by atoms with E-state index in [1.54, 1.807) is 44.4 Å². The number of benzene rings is 2. The van der Waals surface area contributed by atoms with Gasteiger partial charge in [0.2, 0.25) is 0 Å². The molecule has 8 heteroatoms. The Balaban J connectivity index is 2.19. The van der Waals surface area contributed by atoms with Crippen molar-refractivity contribution in [3.05, 3.63) is 58.6 Å². The first-order valence-electron chi connectivity index (χ1n) is 7.94. The summed E-state index contributed by atoms with van der Waals surface area (Å²) < 4.78 is 10.1. The monoisotopic (exact) mass is 390 g/mol. The smallest absolute Gasteiger partial charge is 0.339 e. The predicted octanol–water partition coefficient (Wildman–Crippen LogP) is 2.85. The van der Waals surface area contributed by atoms with Crippen LogP contribution in [0.15, 0.2) is 42.5 Å². The maximum atomic E-state index is 12.6. The van der Waals surface area contributed by atoms with Gasteiger partial charge in [0.25, 0.3) is 11.8 Å². The summed E-state index contributed by atoms with van der Waals surface area (Å²) in [6.07, 6.45) is 0. The van der Waals surface area contributed by atoms with Gasteiger partial charge in [-0.3, -0.25) is 9.59 Å². The lowest BCUT2D eigenvalue weighted by Gasteiger charge is -2.14. The molecule has 0 aliphatic carbocycles. The quantitative estimate of drug-likeness (QED) is 0.766. The Morgan fingerprint density at radius 1 is 1.07 bits per heavy atom. The van der Waals surface area contributed by atoms with Crippen LogP contribution >= 0.6 is 11.6 Å². The minimum Gasteiger partial charge on any atom is -0.483 e. The maximum absolute atomic E-state index is 12.6. The van der Waals surface area contributed by atoms with Gasteiger partial charge in [0, 0.05) is 19.8 Å². The Bertz CT molecular complexity index is 867. The molecule has 0 saturated carbocycles. The zero-order chi connectivity index (χ0) is 20.0. The largest absolute Gasteiger partial charge is 0.483 e. The highest BCUT2D eigenvalue weighted by atomic mass is 35.5. The Labute approximate surface area is 161 Å². The van der Waals surface area contributed by atoms with Crippen molar-refractivity contribution in [1.29, 1.82) is 0 Å². The van der Waals surface area contributed by atoms with Crippen molar-refractivity contribution in [2.75, 3.05) is 33.1 Å². The van der Waals surface area contributed by atoms with Gasteiger partial charge >= 0.3 is 5.97 Å². The van der Waals surface area contributed by atoms with Gasteiger partial charge in [-0.05, 0) is 30.3 Å². The molecule has 2 amide bonds. The molecule has 0 atom stereocenters. The van der Waals surface area contributed by atoms with E-state index < -0.39 is 11.9 Å². The van der Waals surface area contributed by atoms with E-state index in [0.717, 1.165) is 0 Å². The van der Waals surface area contributed by atoms with Crippen molar-refractivity contribution in [2.45, 2.75) is 0 Å². The number of esters is 1. The number of carbonyl (C=O) groups is 3.